The van der Waals surface area contributed by atoms with Crippen molar-refractivity contribution in [3.05, 3.63) is 60.6 Å². The molecule has 5 nitrogen and oxygen atoms in total. The Kier molecular flexibility index (Phi) is 3.47. The lowest BCUT2D eigenvalue weighted by molar-refractivity contribution is 0.102. The molecule has 21 heavy (non-hydrogen) atoms. The van der Waals surface area contributed by atoms with Crippen LogP contribution in [0.15, 0.2) is 55.0 Å². The molecular weight excluding hydrogens is 266 g/mol. The minimum absolute atomic E-state index is 0.233. The number of hydrogen-bond acceptors (Lipinski definition) is 4. The van der Waals surface area contributed by atoms with Crippen molar-refractivity contribution in [2.75, 3.05) is 12.4 Å². The molecule has 0 spiro atoms. The SMILES string of the molecule is COc1ccc(C(=O)Nc2cncc3ccccc23)cn1. The lowest BCUT2D eigenvalue weighted by Crippen LogP contribution is -2.12. The number of nitrogens with zero attached hydrogens (tertiary/aromatic N) is 2. The monoisotopic (exact) mass is 279 g/mol. The van der Waals surface area contributed by atoms with Crippen LogP contribution in [0, 0.1) is 0 Å². The van der Waals surface area contributed by atoms with E-state index in [0.29, 0.717) is 17.1 Å². The van der Waals surface area contributed by atoms with E-state index in [4.69, 9.17) is 4.74 Å². The lowest BCUT2D eigenvalue weighted by atomic mass is 10.1. The van der Waals surface area contributed by atoms with Crippen LogP contribution in [0.25, 0.3) is 10.8 Å². The number of aromatic nitrogens is 2. The third-order valence-corrected chi connectivity index (χ3v) is 3.12. The minimum Gasteiger partial charge on any atom is -0.481 e. The molecule has 1 N–H and O–H groups in total. The molecule has 0 aliphatic heterocycles. The third-order valence-electron chi connectivity index (χ3n) is 3.12. The molecule has 5 heteroatoms. The second-order valence-electron chi connectivity index (χ2n) is 4.45. The van der Waals surface area contributed by atoms with E-state index in [2.05, 4.69) is 15.3 Å². The summed E-state index contributed by atoms with van der Waals surface area (Å²) in [6.45, 7) is 0. The van der Waals surface area contributed by atoms with Crippen LogP contribution in [0.1, 0.15) is 10.4 Å². The maximum Gasteiger partial charge on any atom is 0.257 e. The van der Waals surface area contributed by atoms with E-state index in [9.17, 15) is 4.79 Å². The van der Waals surface area contributed by atoms with Crippen molar-refractivity contribution in [3.63, 3.8) is 0 Å². The van der Waals surface area contributed by atoms with Gasteiger partial charge in [-0.05, 0) is 6.07 Å². The summed E-state index contributed by atoms with van der Waals surface area (Å²) in [6, 6.07) is 11.1. The van der Waals surface area contributed by atoms with Gasteiger partial charge in [-0.3, -0.25) is 9.78 Å². The third kappa shape index (κ3) is 2.67. The fourth-order valence-corrected chi connectivity index (χ4v) is 2.05. The summed E-state index contributed by atoms with van der Waals surface area (Å²) in [5, 5.41) is 4.78. The van der Waals surface area contributed by atoms with Crippen LogP contribution in [0.3, 0.4) is 0 Å². The van der Waals surface area contributed by atoms with Gasteiger partial charge in [-0.1, -0.05) is 24.3 Å². The summed E-state index contributed by atoms with van der Waals surface area (Å²) in [7, 11) is 1.53. The van der Waals surface area contributed by atoms with Crippen LogP contribution in [-0.4, -0.2) is 23.0 Å². The van der Waals surface area contributed by atoms with E-state index >= 15 is 0 Å². The molecule has 2 aromatic heterocycles. The Labute approximate surface area is 121 Å². The standard InChI is InChI=1S/C16H13N3O2/c1-21-15-7-6-12(9-18-15)16(20)19-14-10-17-8-11-4-2-3-5-13(11)14/h2-10H,1H3,(H,19,20). The molecule has 0 fully saturated rings. The van der Waals surface area contributed by atoms with Gasteiger partial charge in [0.1, 0.15) is 0 Å². The maximum absolute atomic E-state index is 12.2. The highest BCUT2D eigenvalue weighted by atomic mass is 16.5. The van der Waals surface area contributed by atoms with Crippen molar-refractivity contribution in [2.24, 2.45) is 0 Å². The highest BCUT2D eigenvalue weighted by molar-refractivity contribution is 6.08. The highest BCUT2D eigenvalue weighted by Gasteiger charge is 2.09. The molecule has 3 aromatic rings. The molecule has 0 radical (unpaired) electrons. The Morgan fingerprint density at radius 3 is 2.71 bits per heavy atom. The number of carbonyl (C=O) groups excluding carboxylic acids is 1. The summed E-state index contributed by atoms with van der Waals surface area (Å²) in [5.41, 5.74) is 1.14. The number of anilines is 1. The summed E-state index contributed by atoms with van der Waals surface area (Å²) in [4.78, 5) is 20.4. The van der Waals surface area contributed by atoms with Crippen molar-refractivity contribution in [2.45, 2.75) is 0 Å². The average Bonchev–Trinajstić information content (AvgIpc) is 2.55. The molecule has 0 saturated heterocycles. The number of ether oxygens (including phenoxy) is 1. The van der Waals surface area contributed by atoms with Crippen LogP contribution in [0.4, 0.5) is 5.69 Å². The zero-order valence-electron chi connectivity index (χ0n) is 11.4. The van der Waals surface area contributed by atoms with Crippen LogP contribution >= 0.6 is 0 Å². The minimum atomic E-state index is -0.233. The number of methoxy groups -OCH3 is 1. The van der Waals surface area contributed by atoms with Crippen molar-refractivity contribution < 1.29 is 9.53 Å². The van der Waals surface area contributed by atoms with Crippen molar-refractivity contribution in [3.8, 4) is 5.88 Å². The van der Waals surface area contributed by atoms with E-state index in [0.717, 1.165) is 10.8 Å². The predicted molar refractivity (Wildman–Crippen MR) is 80.5 cm³/mol. The largest absolute Gasteiger partial charge is 0.481 e. The van der Waals surface area contributed by atoms with Gasteiger partial charge in [-0.2, -0.15) is 0 Å². The number of pyridine rings is 2. The normalized spacial score (nSPS) is 10.3. The summed E-state index contributed by atoms with van der Waals surface area (Å²) >= 11 is 0. The molecule has 0 unspecified atom stereocenters. The van der Waals surface area contributed by atoms with Crippen LogP contribution in [-0.2, 0) is 0 Å². The molecule has 1 aromatic carbocycles. The maximum atomic E-state index is 12.2. The number of amides is 1. The molecular formula is C16H13N3O2. The molecule has 0 aliphatic carbocycles. The Hall–Kier alpha value is -2.95. The van der Waals surface area contributed by atoms with E-state index in [1.807, 2.05) is 24.3 Å². The van der Waals surface area contributed by atoms with Crippen molar-refractivity contribution >= 4 is 22.4 Å². The van der Waals surface area contributed by atoms with Crippen LogP contribution < -0.4 is 10.1 Å². The van der Waals surface area contributed by atoms with Crippen molar-refractivity contribution in [1.29, 1.82) is 0 Å². The van der Waals surface area contributed by atoms with Crippen LogP contribution in [0.2, 0.25) is 0 Å². The second kappa shape index (κ2) is 5.58. The number of nitrogens with one attached hydrogen (secondary N) is 1. The lowest BCUT2D eigenvalue weighted by Gasteiger charge is -2.08. The summed E-state index contributed by atoms with van der Waals surface area (Å²) in [6.07, 6.45) is 4.88. The van der Waals surface area contributed by atoms with E-state index in [1.54, 1.807) is 24.5 Å². The number of carbonyl (C=O) groups is 1. The molecule has 1 amide bonds. The van der Waals surface area contributed by atoms with Gasteiger partial charge in [0.15, 0.2) is 0 Å². The predicted octanol–water partition coefficient (Wildman–Crippen LogP) is 2.89. The summed E-state index contributed by atoms with van der Waals surface area (Å²) < 4.78 is 4.97. The summed E-state index contributed by atoms with van der Waals surface area (Å²) in [5.74, 6) is 0.238. The number of rotatable bonds is 3. The van der Waals surface area contributed by atoms with Gasteiger partial charge < -0.3 is 10.1 Å². The first-order chi connectivity index (χ1) is 10.3. The Morgan fingerprint density at radius 2 is 1.95 bits per heavy atom. The Balaban J connectivity index is 1.89. The average molecular weight is 279 g/mol. The first kappa shape index (κ1) is 13.1. The van der Waals surface area contributed by atoms with Crippen molar-refractivity contribution in [1.82, 2.24) is 9.97 Å². The van der Waals surface area contributed by atoms with Gasteiger partial charge in [0.2, 0.25) is 5.88 Å². The van der Waals surface area contributed by atoms with Gasteiger partial charge in [-0.15, -0.1) is 0 Å². The molecule has 104 valence electrons. The van der Waals surface area contributed by atoms with Gasteiger partial charge in [-0.25, -0.2) is 4.98 Å². The van der Waals surface area contributed by atoms with E-state index in [1.165, 1.54) is 13.3 Å². The molecule has 0 saturated carbocycles. The Morgan fingerprint density at radius 1 is 1.10 bits per heavy atom. The molecule has 0 bridgehead atoms. The van der Waals surface area contributed by atoms with Gasteiger partial charge in [0.05, 0.1) is 24.6 Å². The van der Waals surface area contributed by atoms with E-state index in [-0.39, 0.29) is 5.91 Å². The Bertz CT molecular complexity index is 780. The zero-order chi connectivity index (χ0) is 14.7. The fourth-order valence-electron chi connectivity index (χ4n) is 2.05. The smallest absolute Gasteiger partial charge is 0.257 e. The van der Waals surface area contributed by atoms with Crippen LogP contribution in [0.5, 0.6) is 5.88 Å². The first-order valence-electron chi connectivity index (χ1n) is 6.42. The zero-order valence-corrected chi connectivity index (χ0v) is 11.4. The van der Waals surface area contributed by atoms with Gasteiger partial charge in [0.25, 0.3) is 5.91 Å². The first-order valence-corrected chi connectivity index (χ1v) is 6.42. The quantitative estimate of drug-likeness (QED) is 0.800. The number of benzene rings is 1. The number of fused-ring (bicyclic) bond motifs is 1. The van der Waals surface area contributed by atoms with E-state index < -0.39 is 0 Å². The fraction of sp³-hybridized carbons (Fsp3) is 0.0625. The number of hydrogen-bond donors (Lipinski definition) is 1. The topological polar surface area (TPSA) is 64.1 Å². The van der Waals surface area contributed by atoms with Gasteiger partial charge >= 0.3 is 0 Å². The molecule has 2 heterocycles. The second-order valence-corrected chi connectivity index (χ2v) is 4.45. The molecule has 0 atom stereocenters. The molecule has 0 aliphatic rings. The molecule has 3 rings (SSSR count). The van der Waals surface area contributed by atoms with Gasteiger partial charge in [0, 0.05) is 29.2 Å². The highest BCUT2D eigenvalue weighted by Crippen LogP contribution is 2.22.